The number of carbonyl (C=O) groups is 4. The van der Waals surface area contributed by atoms with Crippen molar-refractivity contribution in [1.82, 2.24) is 21.3 Å². The molecule has 0 aromatic rings. The van der Waals surface area contributed by atoms with E-state index >= 15 is 0 Å². The topological polar surface area (TPSA) is 116 Å². The van der Waals surface area contributed by atoms with Crippen molar-refractivity contribution in [2.45, 2.75) is 71.1 Å². The van der Waals surface area contributed by atoms with Gasteiger partial charge in [-0.15, -0.1) is 0 Å². The summed E-state index contributed by atoms with van der Waals surface area (Å²) in [5.74, 6) is 0.0935. The van der Waals surface area contributed by atoms with Crippen LogP contribution in [0.3, 0.4) is 0 Å². The zero-order valence-corrected chi connectivity index (χ0v) is 19.1. The van der Waals surface area contributed by atoms with Crippen LogP contribution in [-0.2, 0) is 14.4 Å². The molecule has 0 aliphatic rings. The van der Waals surface area contributed by atoms with Gasteiger partial charge in [-0.3, -0.25) is 19.2 Å². The Morgan fingerprint density at radius 1 is 0.571 bits per heavy atom. The number of nitrogens with one attached hydrogen (secondary N) is 4. The summed E-state index contributed by atoms with van der Waals surface area (Å²) in [4.78, 5) is 44.8. The molecule has 4 amide bonds. The van der Waals surface area contributed by atoms with Crippen molar-refractivity contribution in [2.75, 3.05) is 26.2 Å². The molecule has 0 aromatic heterocycles. The molecule has 9 heteroatoms. The second-order valence-corrected chi connectivity index (χ2v) is 7.69. The summed E-state index contributed by atoms with van der Waals surface area (Å²) in [5.41, 5.74) is 0. The first-order valence-corrected chi connectivity index (χ1v) is 11.2. The number of unbranched alkanes of at least 4 members (excludes halogenated alkanes) is 5. The van der Waals surface area contributed by atoms with Gasteiger partial charge in [-0.2, -0.15) is 0 Å². The Bertz CT molecular complexity index is 433. The molecule has 4 N–H and O–H groups in total. The van der Waals surface area contributed by atoms with Crippen molar-refractivity contribution in [1.29, 1.82) is 0 Å². The van der Waals surface area contributed by atoms with Crippen molar-refractivity contribution in [3.8, 4) is 0 Å². The third kappa shape index (κ3) is 20.9. The van der Waals surface area contributed by atoms with E-state index in [1.807, 2.05) is 0 Å². The smallest absolute Gasteiger partial charge is 0.280 e. The van der Waals surface area contributed by atoms with Crippen LogP contribution < -0.4 is 21.3 Å². The maximum atomic E-state index is 11.7. The van der Waals surface area contributed by atoms with Crippen molar-refractivity contribution in [2.24, 2.45) is 0 Å². The highest BCUT2D eigenvalue weighted by Gasteiger charge is 2.02. The highest BCUT2D eigenvalue weighted by Crippen LogP contribution is 2.00. The molecule has 162 valence electrons. The van der Waals surface area contributed by atoms with Gasteiger partial charge >= 0.3 is 0 Å². The maximum Gasteiger partial charge on any atom is 0.280 e. The summed E-state index contributed by atoms with van der Waals surface area (Å²) < 4.78 is -0.0507. The molecule has 0 aliphatic carbocycles. The first-order valence-electron chi connectivity index (χ1n) is 10.1. The Kier molecular flexibility index (Phi) is 18.0. The Labute approximate surface area is 181 Å². The summed E-state index contributed by atoms with van der Waals surface area (Å²) in [5, 5.41) is 11.2. The molecule has 0 spiro atoms. The molecule has 0 saturated heterocycles. The lowest BCUT2D eigenvalue weighted by Gasteiger charge is -2.07. The van der Waals surface area contributed by atoms with E-state index in [0.29, 0.717) is 39.0 Å². The van der Waals surface area contributed by atoms with Gasteiger partial charge in [0.15, 0.2) is 0 Å². The average Bonchev–Trinajstić information content (AvgIpc) is 2.63. The van der Waals surface area contributed by atoms with Gasteiger partial charge in [-0.1, -0.05) is 12.8 Å². The minimum Gasteiger partial charge on any atom is -0.356 e. The van der Waals surface area contributed by atoms with E-state index in [9.17, 15) is 19.2 Å². The SMILES string of the molecule is CC(=O)NCCCCCC(=O)NCCCCNC(=O)CCCCCNC(=O)I. The molecule has 0 fully saturated rings. The number of rotatable bonds is 17. The lowest BCUT2D eigenvalue weighted by molar-refractivity contribution is -0.122. The summed E-state index contributed by atoms with van der Waals surface area (Å²) in [6, 6.07) is 0. The molecule has 0 heterocycles. The molecule has 0 aromatic carbocycles. The van der Waals surface area contributed by atoms with Gasteiger partial charge in [0.25, 0.3) is 3.91 Å². The minimum absolute atomic E-state index is 0.0209. The van der Waals surface area contributed by atoms with E-state index in [2.05, 4.69) is 21.3 Å². The molecular weight excluding hydrogens is 475 g/mol. The van der Waals surface area contributed by atoms with Gasteiger partial charge in [0.1, 0.15) is 0 Å². The lowest BCUT2D eigenvalue weighted by Crippen LogP contribution is -2.27. The Morgan fingerprint density at radius 2 is 0.964 bits per heavy atom. The fraction of sp³-hybridized carbons (Fsp3) is 0.789. The Hall–Kier alpha value is -1.39. The minimum atomic E-state index is -0.0507. The van der Waals surface area contributed by atoms with Gasteiger partial charge in [0.2, 0.25) is 17.7 Å². The zero-order valence-electron chi connectivity index (χ0n) is 16.9. The van der Waals surface area contributed by atoms with Crippen LogP contribution in [-0.4, -0.2) is 47.8 Å². The Morgan fingerprint density at radius 3 is 1.39 bits per heavy atom. The van der Waals surface area contributed by atoms with E-state index < -0.39 is 0 Å². The molecule has 0 rings (SSSR count). The van der Waals surface area contributed by atoms with Gasteiger partial charge in [0.05, 0.1) is 0 Å². The van der Waals surface area contributed by atoms with Crippen LogP contribution in [0, 0.1) is 0 Å². The van der Waals surface area contributed by atoms with Crippen LogP contribution in [0.4, 0.5) is 4.79 Å². The van der Waals surface area contributed by atoms with Crippen LogP contribution in [0.2, 0.25) is 0 Å². The van der Waals surface area contributed by atoms with Gasteiger partial charge in [0, 0.05) is 68.5 Å². The predicted molar refractivity (Wildman–Crippen MR) is 118 cm³/mol. The van der Waals surface area contributed by atoms with Crippen LogP contribution in [0.1, 0.15) is 71.1 Å². The van der Waals surface area contributed by atoms with Crippen LogP contribution >= 0.6 is 22.6 Å². The quantitative estimate of drug-likeness (QED) is 0.104. The zero-order chi connectivity index (χ0) is 21.0. The summed E-state index contributed by atoms with van der Waals surface area (Å²) >= 11 is 1.70. The van der Waals surface area contributed by atoms with E-state index in [1.165, 1.54) is 6.92 Å². The average molecular weight is 510 g/mol. The fourth-order valence-corrected chi connectivity index (χ4v) is 2.78. The monoisotopic (exact) mass is 510 g/mol. The maximum absolute atomic E-state index is 11.7. The van der Waals surface area contributed by atoms with Crippen LogP contribution in [0.15, 0.2) is 0 Å². The molecule has 0 saturated carbocycles. The van der Waals surface area contributed by atoms with E-state index in [0.717, 1.165) is 51.4 Å². The standard InChI is InChI=1S/C19H35IN4O4/c1-16(25)21-12-6-2-4-10-17(26)22-13-8-9-14-23-18(27)11-5-3-7-15-24-19(20)28/h2-15H2,1H3,(H,21,25)(H,22,26)(H,23,27)(H,24,28). The van der Waals surface area contributed by atoms with Gasteiger partial charge in [-0.25, -0.2) is 0 Å². The van der Waals surface area contributed by atoms with Gasteiger partial charge < -0.3 is 21.3 Å². The summed E-state index contributed by atoms with van der Waals surface area (Å²) in [6.45, 7) is 4.08. The highest BCUT2D eigenvalue weighted by atomic mass is 127. The number of amides is 4. The molecule has 28 heavy (non-hydrogen) atoms. The highest BCUT2D eigenvalue weighted by molar-refractivity contribution is 14.1. The first kappa shape index (κ1) is 26.6. The number of hydrogen-bond acceptors (Lipinski definition) is 4. The first-order chi connectivity index (χ1) is 13.4. The van der Waals surface area contributed by atoms with E-state index in [1.54, 1.807) is 22.6 Å². The number of carbonyl (C=O) groups excluding carboxylic acids is 4. The van der Waals surface area contributed by atoms with E-state index in [4.69, 9.17) is 0 Å². The van der Waals surface area contributed by atoms with Crippen molar-refractivity contribution < 1.29 is 19.2 Å². The van der Waals surface area contributed by atoms with Crippen molar-refractivity contribution in [3.05, 3.63) is 0 Å². The Balaban J connectivity index is 3.34. The number of hydrogen-bond donors (Lipinski definition) is 4. The molecule has 0 unspecified atom stereocenters. The van der Waals surface area contributed by atoms with Gasteiger partial charge in [-0.05, 0) is 38.5 Å². The predicted octanol–water partition coefficient (Wildman–Crippen LogP) is 2.40. The van der Waals surface area contributed by atoms with E-state index in [-0.39, 0.29) is 21.6 Å². The van der Waals surface area contributed by atoms with Crippen LogP contribution in [0.5, 0.6) is 0 Å². The lowest BCUT2D eigenvalue weighted by atomic mass is 10.2. The summed E-state index contributed by atoms with van der Waals surface area (Å²) in [7, 11) is 0. The summed E-state index contributed by atoms with van der Waals surface area (Å²) in [6.07, 6.45) is 7.97. The number of halogens is 1. The molecular formula is C19H35IN4O4. The van der Waals surface area contributed by atoms with Crippen molar-refractivity contribution in [3.63, 3.8) is 0 Å². The second kappa shape index (κ2) is 18.9. The molecule has 0 bridgehead atoms. The molecule has 0 atom stereocenters. The molecule has 8 nitrogen and oxygen atoms in total. The van der Waals surface area contributed by atoms with Crippen molar-refractivity contribution >= 4 is 44.2 Å². The fourth-order valence-electron chi connectivity index (χ4n) is 2.51. The van der Waals surface area contributed by atoms with Crippen LogP contribution in [0.25, 0.3) is 0 Å². The second-order valence-electron chi connectivity index (χ2n) is 6.71. The third-order valence-corrected chi connectivity index (χ3v) is 4.43. The largest absolute Gasteiger partial charge is 0.356 e. The third-order valence-electron chi connectivity index (χ3n) is 4.05. The molecule has 0 radical (unpaired) electrons. The molecule has 0 aliphatic heterocycles. The normalized spacial score (nSPS) is 10.2.